The molecule has 3 amide bonds. The number of halogens is 1. The zero-order chi connectivity index (χ0) is 20.1. The highest BCUT2D eigenvalue weighted by Crippen LogP contribution is 2.68. The Morgan fingerprint density at radius 2 is 1.78 bits per heavy atom. The number of nitrogens with zero attached hydrogens (tertiary/aromatic N) is 2. The summed E-state index contributed by atoms with van der Waals surface area (Å²) in [6.45, 7) is 12.0. The van der Waals surface area contributed by atoms with Gasteiger partial charge in [0, 0.05) is 12.5 Å². The van der Waals surface area contributed by atoms with Crippen molar-refractivity contribution in [1.82, 2.24) is 4.90 Å². The number of hydrogen-bond donors (Lipinski definition) is 0. The van der Waals surface area contributed by atoms with Crippen molar-refractivity contribution in [3.63, 3.8) is 0 Å². The summed E-state index contributed by atoms with van der Waals surface area (Å²) in [5, 5.41) is 0. The Morgan fingerprint density at radius 1 is 1.22 bits per heavy atom. The number of amides is 3. The molecular formula is C21H25FN2O3. The number of hydrogen-bond acceptors (Lipinski definition) is 3. The van der Waals surface area contributed by atoms with Crippen molar-refractivity contribution >= 4 is 23.4 Å². The first-order valence-electron chi connectivity index (χ1n) is 9.07. The van der Waals surface area contributed by atoms with Crippen molar-refractivity contribution in [3.8, 4) is 0 Å². The molecule has 5 nitrogen and oxygen atoms in total. The van der Waals surface area contributed by atoms with E-state index < -0.39 is 23.7 Å². The molecule has 0 bridgehead atoms. The van der Waals surface area contributed by atoms with Crippen molar-refractivity contribution < 1.29 is 18.8 Å². The molecule has 1 aromatic carbocycles. The van der Waals surface area contributed by atoms with Crippen molar-refractivity contribution in [3.05, 3.63) is 42.7 Å². The van der Waals surface area contributed by atoms with Gasteiger partial charge in [-0.3, -0.25) is 14.4 Å². The smallest absolute Gasteiger partial charge is 0.257 e. The molecular weight excluding hydrogens is 347 g/mol. The van der Waals surface area contributed by atoms with E-state index in [1.165, 1.54) is 29.2 Å². The van der Waals surface area contributed by atoms with Gasteiger partial charge in [0.25, 0.3) is 5.91 Å². The van der Waals surface area contributed by atoms with Crippen LogP contribution in [0.4, 0.5) is 10.1 Å². The van der Waals surface area contributed by atoms with Crippen LogP contribution in [0.1, 0.15) is 34.1 Å². The molecule has 1 atom stereocenters. The standard InChI is InChI=1S/C21H25FN2O3/c1-6-11-23(19(27)17-20(2,3)21(17,4)5)15-12-16(25)24(18(15)26)14-9-7-13(22)8-10-14/h6-10,15,17H,1,11-12H2,2-5H3. The summed E-state index contributed by atoms with van der Waals surface area (Å²) in [7, 11) is 0. The first kappa shape index (κ1) is 19.3. The fourth-order valence-electron chi connectivity index (χ4n) is 4.21. The molecule has 1 aromatic rings. The van der Waals surface area contributed by atoms with Crippen LogP contribution in [0.3, 0.4) is 0 Å². The largest absolute Gasteiger partial charge is 0.326 e. The highest BCUT2D eigenvalue weighted by atomic mass is 19.1. The molecule has 144 valence electrons. The Kier molecular flexibility index (Phi) is 4.49. The number of anilines is 1. The zero-order valence-electron chi connectivity index (χ0n) is 16.2. The molecule has 0 N–H and O–H groups in total. The second kappa shape index (κ2) is 6.29. The topological polar surface area (TPSA) is 57.7 Å². The number of imide groups is 1. The third-order valence-corrected chi connectivity index (χ3v) is 6.46. The van der Waals surface area contributed by atoms with Crippen LogP contribution in [0, 0.1) is 22.6 Å². The van der Waals surface area contributed by atoms with Gasteiger partial charge in [-0.05, 0) is 35.1 Å². The van der Waals surface area contributed by atoms with Gasteiger partial charge in [0.15, 0.2) is 0 Å². The van der Waals surface area contributed by atoms with Crippen LogP contribution in [0.15, 0.2) is 36.9 Å². The van der Waals surface area contributed by atoms with E-state index in [0.717, 1.165) is 4.90 Å². The predicted molar refractivity (Wildman–Crippen MR) is 100 cm³/mol. The van der Waals surface area contributed by atoms with Crippen LogP contribution in [-0.2, 0) is 14.4 Å². The third-order valence-electron chi connectivity index (χ3n) is 6.46. The Balaban J connectivity index is 1.88. The number of carbonyl (C=O) groups is 3. The van der Waals surface area contributed by atoms with E-state index in [1.807, 2.05) is 27.7 Å². The van der Waals surface area contributed by atoms with E-state index in [-0.39, 0.29) is 35.6 Å². The van der Waals surface area contributed by atoms with Crippen LogP contribution in [0.25, 0.3) is 0 Å². The average molecular weight is 372 g/mol. The third kappa shape index (κ3) is 2.87. The normalized spacial score (nSPS) is 23.4. The molecule has 1 unspecified atom stereocenters. The summed E-state index contributed by atoms with van der Waals surface area (Å²) in [5.74, 6) is -1.65. The van der Waals surface area contributed by atoms with Crippen LogP contribution >= 0.6 is 0 Å². The van der Waals surface area contributed by atoms with E-state index >= 15 is 0 Å². The number of benzene rings is 1. The summed E-state index contributed by atoms with van der Waals surface area (Å²) < 4.78 is 13.2. The summed E-state index contributed by atoms with van der Waals surface area (Å²) in [6, 6.07) is 4.32. The van der Waals surface area contributed by atoms with Gasteiger partial charge in [-0.2, -0.15) is 0 Å². The van der Waals surface area contributed by atoms with Crippen LogP contribution in [0.5, 0.6) is 0 Å². The van der Waals surface area contributed by atoms with Gasteiger partial charge < -0.3 is 4.90 Å². The molecule has 0 spiro atoms. The first-order valence-corrected chi connectivity index (χ1v) is 9.07. The number of carbonyl (C=O) groups excluding carboxylic acids is 3. The fourth-order valence-corrected chi connectivity index (χ4v) is 4.21. The second-order valence-electron chi connectivity index (χ2n) is 8.42. The summed E-state index contributed by atoms with van der Waals surface area (Å²) >= 11 is 0. The highest BCUT2D eigenvalue weighted by molar-refractivity contribution is 6.23. The zero-order valence-corrected chi connectivity index (χ0v) is 16.2. The van der Waals surface area contributed by atoms with Gasteiger partial charge in [0.2, 0.25) is 11.8 Å². The lowest BCUT2D eigenvalue weighted by atomic mass is 10.0. The minimum atomic E-state index is -0.861. The van der Waals surface area contributed by atoms with Crippen molar-refractivity contribution in [1.29, 1.82) is 0 Å². The molecule has 0 radical (unpaired) electrons. The molecule has 2 aliphatic rings. The van der Waals surface area contributed by atoms with Gasteiger partial charge in [-0.1, -0.05) is 33.8 Å². The molecule has 2 fully saturated rings. The maximum absolute atomic E-state index is 13.2. The van der Waals surface area contributed by atoms with E-state index in [4.69, 9.17) is 0 Å². The van der Waals surface area contributed by atoms with E-state index in [0.29, 0.717) is 5.69 Å². The van der Waals surface area contributed by atoms with E-state index in [9.17, 15) is 18.8 Å². The predicted octanol–water partition coefficient (Wildman–Crippen LogP) is 3.15. The molecule has 0 aromatic heterocycles. The van der Waals surface area contributed by atoms with Crippen molar-refractivity contribution in [2.45, 2.75) is 40.2 Å². The first-order chi connectivity index (χ1) is 12.5. The Bertz CT molecular complexity index is 799. The van der Waals surface area contributed by atoms with E-state index in [1.54, 1.807) is 6.08 Å². The molecule has 1 saturated heterocycles. The highest BCUT2D eigenvalue weighted by Gasteiger charge is 2.69. The molecule has 6 heteroatoms. The van der Waals surface area contributed by atoms with Crippen molar-refractivity contribution in [2.24, 2.45) is 16.7 Å². The lowest BCUT2D eigenvalue weighted by Crippen LogP contribution is -2.47. The van der Waals surface area contributed by atoms with Crippen molar-refractivity contribution in [2.75, 3.05) is 11.4 Å². The average Bonchev–Trinajstić information content (AvgIpc) is 2.82. The van der Waals surface area contributed by atoms with Gasteiger partial charge >= 0.3 is 0 Å². The molecule has 1 heterocycles. The maximum Gasteiger partial charge on any atom is 0.257 e. The summed E-state index contributed by atoms with van der Waals surface area (Å²) in [4.78, 5) is 41.2. The molecule has 3 rings (SSSR count). The van der Waals surface area contributed by atoms with Gasteiger partial charge in [-0.15, -0.1) is 6.58 Å². The van der Waals surface area contributed by atoms with Crippen LogP contribution in [-0.4, -0.2) is 35.2 Å². The molecule has 1 aliphatic carbocycles. The Morgan fingerprint density at radius 3 is 2.26 bits per heavy atom. The lowest BCUT2D eigenvalue weighted by molar-refractivity contribution is -0.139. The van der Waals surface area contributed by atoms with Gasteiger partial charge in [0.1, 0.15) is 11.9 Å². The van der Waals surface area contributed by atoms with Crippen LogP contribution < -0.4 is 4.90 Å². The number of rotatable bonds is 5. The Hall–Kier alpha value is -2.50. The molecule has 27 heavy (non-hydrogen) atoms. The minimum absolute atomic E-state index is 0.0800. The molecule has 1 aliphatic heterocycles. The fraction of sp³-hybridized carbons (Fsp3) is 0.476. The summed E-state index contributed by atoms with van der Waals surface area (Å²) in [6.07, 6.45) is 1.49. The molecule has 1 saturated carbocycles. The minimum Gasteiger partial charge on any atom is -0.326 e. The maximum atomic E-state index is 13.2. The lowest BCUT2D eigenvalue weighted by Gasteiger charge is -2.27. The van der Waals surface area contributed by atoms with Crippen LogP contribution in [0.2, 0.25) is 0 Å². The quantitative estimate of drug-likeness (QED) is 0.589. The second-order valence-corrected chi connectivity index (χ2v) is 8.42. The summed E-state index contributed by atoms with van der Waals surface area (Å²) in [5.41, 5.74) is -0.0376. The van der Waals surface area contributed by atoms with E-state index in [2.05, 4.69) is 6.58 Å². The monoisotopic (exact) mass is 372 g/mol. The van der Waals surface area contributed by atoms with Gasteiger partial charge in [-0.25, -0.2) is 9.29 Å². The van der Waals surface area contributed by atoms with Gasteiger partial charge in [0.05, 0.1) is 12.1 Å². The Labute approximate surface area is 158 Å². The SMILES string of the molecule is C=CCN(C(=O)C1C(C)(C)C1(C)C)C1CC(=O)N(c2ccc(F)cc2)C1=O.